The molecule has 102 valence electrons. The van der Waals surface area contributed by atoms with Gasteiger partial charge in [0.05, 0.1) is 0 Å². The summed E-state index contributed by atoms with van der Waals surface area (Å²) >= 11 is 0. The third-order valence-corrected chi connectivity index (χ3v) is 5.29. The van der Waals surface area contributed by atoms with Gasteiger partial charge in [0.25, 0.3) is 0 Å². The highest BCUT2D eigenvalue weighted by atomic mass is 15.0. The first-order valence-corrected chi connectivity index (χ1v) is 7.24. The number of para-hydroxylation sites is 1. The van der Waals surface area contributed by atoms with Crippen LogP contribution in [0.2, 0.25) is 0 Å². The van der Waals surface area contributed by atoms with Crippen molar-refractivity contribution in [2.75, 3.05) is 6.54 Å². The minimum atomic E-state index is 0.397. The molecule has 2 heteroatoms. The second kappa shape index (κ2) is 4.11. The summed E-state index contributed by atoms with van der Waals surface area (Å²) in [5.74, 6) is 1.41. The van der Waals surface area contributed by atoms with Crippen molar-refractivity contribution in [3.05, 3.63) is 35.5 Å². The van der Waals surface area contributed by atoms with Crippen molar-refractivity contribution in [3.8, 4) is 0 Å². The van der Waals surface area contributed by atoms with Crippen molar-refractivity contribution in [2.45, 2.75) is 33.1 Å². The standard InChI is InChI=1S/C17H24N2/c1-11-15(16-13(9-10-18)17(16,2)3)12-7-5-6-8-14(12)19(11)4/h5-8,13,16H,9-10,18H2,1-4H3. The first-order valence-electron chi connectivity index (χ1n) is 7.24. The van der Waals surface area contributed by atoms with E-state index in [0.29, 0.717) is 11.3 Å². The summed E-state index contributed by atoms with van der Waals surface area (Å²) in [5.41, 5.74) is 10.5. The Morgan fingerprint density at radius 1 is 1.26 bits per heavy atom. The lowest BCUT2D eigenvalue weighted by molar-refractivity contribution is 0.534. The number of hydrogen-bond acceptors (Lipinski definition) is 1. The number of fused-ring (bicyclic) bond motifs is 1. The van der Waals surface area contributed by atoms with Crippen molar-refractivity contribution in [2.24, 2.45) is 24.1 Å². The zero-order valence-corrected chi connectivity index (χ0v) is 12.4. The third-order valence-electron chi connectivity index (χ3n) is 5.29. The molecule has 2 aromatic rings. The van der Waals surface area contributed by atoms with Gasteiger partial charge >= 0.3 is 0 Å². The smallest absolute Gasteiger partial charge is 0.0482 e. The molecule has 0 aliphatic heterocycles. The highest BCUT2D eigenvalue weighted by molar-refractivity contribution is 5.86. The van der Waals surface area contributed by atoms with E-state index in [2.05, 4.69) is 56.7 Å². The Morgan fingerprint density at radius 3 is 2.63 bits per heavy atom. The molecular weight excluding hydrogens is 232 g/mol. The highest BCUT2D eigenvalue weighted by Crippen LogP contribution is 2.67. The van der Waals surface area contributed by atoms with E-state index in [1.807, 2.05) is 0 Å². The molecule has 0 spiro atoms. The molecule has 2 unspecified atom stereocenters. The second-order valence-corrected chi connectivity index (χ2v) is 6.56. The Balaban J connectivity index is 2.14. The number of nitrogens with zero attached hydrogens (tertiary/aromatic N) is 1. The van der Waals surface area contributed by atoms with E-state index in [9.17, 15) is 0 Å². The first kappa shape index (κ1) is 12.7. The molecule has 1 fully saturated rings. The van der Waals surface area contributed by atoms with Crippen LogP contribution in [0.15, 0.2) is 24.3 Å². The molecule has 0 bridgehead atoms. The average molecular weight is 256 g/mol. The van der Waals surface area contributed by atoms with E-state index in [4.69, 9.17) is 5.73 Å². The number of rotatable bonds is 3. The SMILES string of the molecule is Cc1c(C2C(CCN)C2(C)C)c2ccccc2n1C. The summed E-state index contributed by atoms with van der Waals surface area (Å²) in [5, 5.41) is 1.43. The fourth-order valence-corrected chi connectivity index (χ4v) is 3.98. The van der Waals surface area contributed by atoms with E-state index in [-0.39, 0.29) is 0 Å². The largest absolute Gasteiger partial charge is 0.348 e. The van der Waals surface area contributed by atoms with Gasteiger partial charge in [-0.05, 0) is 48.8 Å². The number of hydrogen-bond donors (Lipinski definition) is 1. The van der Waals surface area contributed by atoms with Crippen LogP contribution in [0.25, 0.3) is 10.9 Å². The van der Waals surface area contributed by atoms with Crippen LogP contribution in [0.4, 0.5) is 0 Å². The van der Waals surface area contributed by atoms with Crippen molar-refractivity contribution in [3.63, 3.8) is 0 Å². The predicted octanol–water partition coefficient (Wildman–Crippen LogP) is 3.58. The van der Waals surface area contributed by atoms with Gasteiger partial charge in [-0.25, -0.2) is 0 Å². The molecule has 2 atom stereocenters. The Hall–Kier alpha value is -1.28. The van der Waals surface area contributed by atoms with E-state index in [1.54, 1.807) is 5.56 Å². The fraction of sp³-hybridized carbons (Fsp3) is 0.529. The summed E-state index contributed by atoms with van der Waals surface area (Å²) in [4.78, 5) is 0. The minimum Gasteiger partial charge on any atom is -0.348 e. The first-order chi connectivity index (χ1) is 9.00. The molecule has 2 nitrogen and oxygen atoms in total. The van der Waals surface area contributed by atoms with Gasteiger partial charge < -0.3 is 10.3 Å². The maximum absolute atomic E-state index is 5.78. The van der Waals surface area contributed by atoms with Gasteiger partial charge in [0, 0.05) is 23.6 Å². The fourth-order valence-electron chi connectivity index (χ4n) is 3.98. The number of nitrogens with two attached hydrogens (primary N) is 1. The summed E-state index contributed by atoms with van der Waals surface area (Å²) in [6.45, 7) is 7.83. The van der Waals surface area contributed by atoms with Crippen LogP contribution in [-0.4, -0.2) is 11.1 Å². The number of aryl methyl sites for hydroxylation is 1. The molecule has 1 heterocycles. The average Bonchev–Trinajstić information content (AvgIpc) is 2.81. The van der Waals surface area contributed by atoms with Gasteiger partial charge in [0.15, 0.2) is 0 Å². The number of benzene rings is 1. The Kier molecular flexibility index (Phi) is 2.75. The summed E-state index contributed by atoms with van der Waals surface area (Å²) in [6, 6.07) is 8.77. The summed E-state index contributed by atoms with van der Waals surface area (Å²) in [6.07, 6.45) is 1.14. The maximum Gasteiger partial charge on any atom is 0.0482 e. The van der Waals surface area contributed by atoms with Crippen molar-refractivity contribution in [1.82, 2.24) is 4.57 Å². The van der Waals surface area contributed by atoms with E-state index in [0.717, 1.165) is 18.9 Å². The molecule has 1 aromatic carbocycles. The lowest BCUT2D eigenvalue weighted by Gasteiger charge is -2.04. The zero-order valence-electron chi connectivity index (χ0n) is 12.4. The normalized spacial score (nSPS) is 24.9. The van der Waals surface area contributed by atoms with Gasteiger partial charge in [0.2, 0.25) is 0 Å². The van der Waals surface area contributed by atoms with Gasteiger partial charge in [0.1, 0.15) is 0 Å². The zero-order chi connectivity index (χ0) is 13.8. The van der Waals surface area contributed by atoms with Crippen molar-refractivity contribution >= 4 is 10.9 Å². The lowest BCUT2D eigenvalue weighted by atomic mass is 10.0. The molecule has 0 saturated heterocycles. The highest BCUT2D eigenvalue weighted by Gasteiger charge is 2.58. The van der Waals surface area contributed by atoms with Crippen LogP contribution in [0, 0.1) is 18.3 Å². The van der Waals surface area contributed by atoms with Crippen molar-refractivity contribution < 1.29 is 0 Å². The van der Waals surface area contributed by atoms with Crippen LogP contribution in [-0.2, 0) is 7.05 Å². The second-order valence-electron chi connectivity index (χ2n) is 6.56. The predicted molar refractivity (Wildman–Crippen MR) is 81.3 cm³/mol. The van der Waals surface area contributed by atoms with Gasteiger partial charge in [-0.3, -0.25) is 0 Å². The lowest BCUT2D eigenvalue weighted by Crippen LogP contribution is -2.02. The monoisotopic (exact) mass is 256 g/mol. The summed E-state index contributed by atoms with van der Waals surface area (Å²) in [7, 11) is 2.18. The van der Waals surface area contributed by atoms with E-state index >= 15 is 0 Å². The van der Waals surface area contributed by atoms with Gasteiger partial charge in [-0.15, -0.1) is 0 Å². The molecule has 1 aromatic heterocycles. The van der Waals surface area contributed by atoms with Crippen LogP contribution in [0.1, 0.15) is 37.4 Å². The van der Waals surface area contributed by atoms with Crippen molar-refractivity contribution in [1.29, 1.82) is 0 Å². The Morgan fingerprint density at radius 2 is 1.95 bits per heavy atom. The van der Waals surface area contributed by atoms with Crippen LogP contribution < -0.4 is 5.73 Å². The topological polar surface area (TPSA) is 30.9 Å². The van der Waals surface area contributed by atoms with Crippen LogP contribution in [0.5, 0.6) is 0 Å². The van der Waals surface area contributed by atoms with Crippen LogP contribution in [0.3, 0.4) is 0 Å². The maximum atomic E-state index is 5.78. The van der Waals surface area contributed by atoms with Gasteiger partial charge in [-0.1, -0.05) is 32.0 Å². The van der Waals surface area contributed by atoms with E-state index < -0.39 is 0 Å². The van der Waals surface area contributed by atoms with Gasteiger partial charge in [-0.2, -0.15) is 0 Å². The molecule has 2 N–H and O–H groups in total. The molecule has 0 amide bonds. The molecule has 1 saturated carbocycles. The quantitative estimate of drug-likeness (QED) is 0.894. The summed E-state index contributed by atoms with van der Waals surface area (Å²) < 4.78 is 2.33. The third kappa shape index (κ3) is 1.66. The molecule has 1 aliphatic rings. The number of aromatic nitrogens is 1. The minimum absolute atomic E-state index is 0.397. The Bertz CT molecular complexity index is 621. The van der Waals surface area contributed by atoms with Crippen LogP contribution >= 0.6 is 0 Å². The Labute approximate surface area is 115 Å². The molecule has 19 heavy (non-hydrogen) atoms. The molecule has 1 aliphatic carbocycles. The van der Waals surface area contributed by atoms with E-state index in [1.165, 1.54) is 16.6 Å². The molecule has 0 radical (unpaired) electrons. The molecular formula is C17H24N2. The molecule has 3 rings (SSSR count).